The number of amides is 4. The van der Waals surface area contributed by atoms with Crippen molar-refractivity contribution >= 4 is 17.8 Å². The predicted molar refractivity (Wildman–Crippen MR) is 73.9 cm³/mol. The maximum atomic E-state index is 12.1. The first-order chi connectivity index (χ1) is 9.49. The minimum Gasteiger partial charge on any atom is -0.343 e. The van der Waals surface area contributed by atoms with E-state index in [9.17, 15) is 14.4 Å². The second kappa shape index (κ2) is 6.24. The van der Waals surface area contributed by atoms with E-state index >= 15 is 0 Å². The van der Waals surface area contributed by atoms with Gasteiger partial charge in [-0.3, -0.25) is 14.5 Å². The average Bonchev–Trinajstić information content (AvgIpc) is 2.88. The molecule has 2 aliphatic rings. The van der Waals surface area contributed by atoms with Gasteiger partial charge in [0.15, 0.2) is 0 Å². The largest absolute Gasteiger partial charge is 0.343 e. The molecule has 6 heteroatoms. The van der Waals surface area contributed by atoms with Gasteiger partial charge in [-0.25, -0.2) is 4.79 Å². The van der Waals surface area contributed by atoms with Crippen LogP contribution < -0.4 is 5.32 Å². The molecule has 0 aromatic heterocycles. The molecular weight excluding hydrogens is 258 g/mol. The first-order valence-electron chi connectivity index (χ1n) is 7.38. The van der Waals surface area contributed by atoms with Gasteiger partial charge in [-0.2, -0.15) is 0 Å². The van der Waals surface area contributed by atoms with Crippen molar-refractivity contribution in [2.75, 3.05) is 19.6 Å². The fourth-order valence-electron chi connectivity index (χ4n) is 2.78. The Kier molecular flexibility index (Phi) is 4.62. The van der Waals surface area contributed by atoms with E-state index in [1.165, 1.54) is 4.90 Å². The Morgan fingerprint density at radius 2 is 2.00 bits per heavy atom. The van der Waals surface area contributed by atoms with E-state index in [2.05, 4.69) is 5.32 Å². The molecule has 1 N–H and O–H groups in total. The SMILES string of the molecule is CC(C)C[C@@H]1NC(=O)N(CCCN2CCCC2=O)C1=O. The molecule has 1 atom stereocenters. The van der Waals surface area contributed by atoms with Gasteiger partial charge in [-0.15, -0.1) is 0 Å². The first kappa shape index (κ1) is 14.8. The van der Waals surface area contributed by atoms with Crippen LogP contribution in [0.3, 0.4) is 0 Å². The molecule has 0 unspecified atom stereocenters. The summed E-state index contributed by atoms with van der Waals surface area (Å²) in [6.07, 6.45) is 2.86. The molecule has 2 rings (SSSR count). The summed E-state index contributed by atoms with van der Waals surface area (Å²) in [7, 11) is 0. The zero-order chi connectivity index (χ0) is 14.7. The Labute approximate surface area is 119 Å². The van der Waals surface area contributed by atoms with Gasteiger partial charge in [0, 0.05) is 26.1 Å². The van der Waals surface area contributed by atoms with Gasteiger partial charge in [-0.1, -0.05) is 13.8 Å². The van der Waals surface area contributed by atoms with Crippen molar-refractivity contribution in [3.63, 3.8) is 0 Å². The van der Waals surface area contributed by atoms with Crippen molar-refractivity contribution in [2.45, 2.75) is 45.6 Å². The van der Waals surface area contributed by atoms with Gasteiger partial charge in [0.05, 0.1) is 0 Å². The Morgan fingerprint density at radius 3 is 2.60 bits per heavy atom. The zero-order valence-corrected chi connectivity index (χ0v) is 12.2. The number of hydrogen-bond donors (Lipinski definition) is 1. The van der Waals surface area contributed by atoms with Crippen LogP contribution in [0.4, 0.5) is 4.79 Å². The number of imide groups is 1. The third-order valence-corrected chi connectivity index (χ3v) is 3.80. The molecule has 112 valence electrons. The number of urea groups is 1. The van der Waals surface area contributed by atoms with Gasteiger partial charge >= 0.3 is 6.03 Å². The number of hydrogen-bond acceptors (Lipinski definition) is 3. The molecule has 20 heavy (non-hydrogen) atoms. The molecule has 0 bridgehead atoms. The van der Waals surface area contributed by atoms with Gasteiger partial charge < -0.3 is 10.2 Å². The second-order valence-corrected chi connectivity index (χ2v) is 5.96. The van der Waals surface area contributed by atoms with Crippen molar-refractivity contribution in [1.29, 1.82) is 0 Å². The molecule has 0 spiro atoms. The van der Waals surface area contributed by atoms with Gasteiger partial charge in [-0.05, 0) is 25.2 Å². The fraction of sp³-hybridized carbons (Fsp3) is 0.786. The van der Waals surface area contributed by atoms with E-state index in [4.69, 9.17) is 0 Å². The molecule has 0 radical (unpaired) electrons. The van der Waals surface area contributed by atoms with Crippen LogP contribution in [0.2, 0.25) is 0 Å². The van der Waals surface area contributed by atoms with Crippen molar-refractivity contribution in [1.82, 2.24) is 15.1 Å². The quantitative estimate of drug-likeness (QED) is 0.737. The molecule has 2 aliphatic heterocycles. The van der Waals surface area contributed by atoms with Crippen molar-refractivity contribution in [2.24, 2.45) is 5.92 Å². The molecule has 0 aromatic rings. The number of likely N-dealkylation sites (tertiary alicyclic amines) is 1. The Bertz CT molecular complexity index is 408. The standard InChI is InChI=1S/C14H23N3O3/c1-10(2)9-11-13(19)17(14(20)15-11)8-4-7-16-6-3-5-12(16)18/h10-11H,3-9H2,1-2H3,(H,15,20)/t11-/m0/s1. The molecule has 4 amide bonds. The summed E-state index contributed by atoms with van der Waals surface area (Å²) in [5.74, 6) is 0.419. The van der Waals surface area contributed by atoms with Crippen LogP contribution in [-0.2, 0) is 9.59 Å². The first-order valence-corrected chi connectivity index (χ1v) is 7.38. The highest BCUT2D eigenvalue weighted by Gasteiger charge is 2.37. The summed E-state index contributed by atoms with van der Waals surface area (Å²) in [6.45, 7) is 5.88. The Hall–Kier alpha value is -1.59. The lowest BCUT2D eigenvalue weighted by molar-refractivity contribution is -0.128. The number of nitrogens with zero attached hydrogens (tertiary/aromatic N) is 2. The molecule has 2 heterocycles. The number of rotatable bonds is 6. The number of carbonyl (C=O) groups is 3. The van der Waals surface area contributed by atoms with Crippen LogP contribution in [0, 0.1) is 5.92 Å². The van der Waals surface area contributed by atoms with Crippen LogP contribution >= 0.6 is 0 Å². The maximum absolute atomic E-state index is 12.1. The molecule has 6 nitrogen and oxygen atoms in total. The van der Waals surface area contributed by atoms with E-state index in [-0.39, 0.29) is 23.9 Å². The molecule has 0 aromatic carbocycles. The Balaban J connectivity index is 1.79. The monoisotopic (exact) mass is 281 g/mol. The zero-order valence-electron chi connectivity index (χ0n) is 12.2. The lowest BCUT2D eigenvalue weighted by Gasteiger charge is -2.18. The molecular formula is C14H23N3O3. The minimum absolute atomic E-state index is 0.128. The summed E-state index contributed by atoms with van der Waals surface area (Å²) < 4.78 is 0. The fourth-order valence-corrected chi connectivity index (χ4v) is 2.78. The number of carbonyl (C=O) groups excluding carboxylic acids is 3. The van der Waals surface area contributed by atoms with E-state index in [0.717, 1.165) is 13.0 Å². The van der Waals surface area contributed by atoms with E-state index < -0.39 is 0 Å². The van der Waals surface area contributed by atoms with Crippen molar-refractivity contribution in [3.05, 3.63) is 0 Å². The summed E-state index contributed by atoms with van der Waals surface area (Å²) in [6, 6.07) is -0.677. The van der Waals surface area contributed by atoms with Gasteiger partial charge in [0.1, 0.15) is 6.04 Å². The van der Waals surface area contributed by atoms with Crippen molar-refractivity contribution < 1.29 is 14.4 Å². The molecule has 2 fully saturated rings. The van der Waals surface area contributed by atoms with Crippen molar-refractivity contribution in [3.8, 4) is 0 Å². The van der Waals surface area contributed by atoms with E-state index in [1.807, 2.05) is 18.7 Å². The summed E-state index contributed by atoms with van der Waals surface area (Å²) >= 11 is 0. The highest BCUT2D eigenvalue weighted by molar-refractivity contribution is 6.04. The number of nitrogens with one attached hydrogen (secondary N) is 1. The highest BCUT2D eigenvalue weighted by atomic mass is 16.2. The van der Waals surface area contributed by atoms with E-state index in [0.29, 0.717) is 38.3 Å². The third kappa shape index (κ3) is 3.29. The third-order valence-electron chi connectivity index (χ3n) is 3.80. The predicted octanol–water partition coefficient (Wildman–Crippen LogP) is 0.965. The van der Waals surface area contributed by atoms with Crippen LogP contribution in [0.1, 0.15) is 39.5 Å². The molecule has 0 aliphatic carbocycles. The maximum Gasteiger partial charge on any atom is 0.324 e. The molecule has 0 saturated carbocycles. The summed E-state index contributed by atoms with van der Waals surface area (Å²) in [4.78, 5) is 38.5. The summed E-state index contributed by atoms with van der Waals surface area (Å²) in [5.41, 5.74) is 0. The highest BCUT2D eigenvalue weighted by Crippen LogP contribution is 2.15. The lowest BCUT2D eigenvalue weighted by atomic mass is 10.0. The second-order valence-electron chi connectivity index (χ2n) is 5.96. The van der Waals surface area contributed by atoms with Gasteiger partial charge in [0.25, 0.3) is 5.91 Å². The lowest BCUT2D eigenvalue weighted by Crippen LogP contribution is -2.35. The van der Waals surface area contributed by atoms with Gasteiger partial charge in [0.2, 0.25) is 5.91 Å². The summed E-state index contributed by atoms with van der Waals surface area (Å²) in [5, 5.41) is 2.73. The topological polar surface area (TPSA) is 69.7 Å². The minimum atomic E-state index is -0.379. The van der Waals surface area contributed by atoms with E-state index in [1.54, 1.807) is 0 Å². The van der Waals surface area contributed by atoms with Crippen LogP contribution in [0.5, 0.6) is 0 Å². The van der Waals surface area contributed by atoms with Crippen LogP contribution in [0.15, 0.2) is 0 Å². The molecule has 2 saturated heterocycles. The van der Waals surface area contributed by atoms with Crippen LogP contribution in [0.25, 0.3) is 0 Å². The Morgan fingerprint density at radius 1 is 1.25 bits per heavy atom. The normalized spacial score (nSPS) is 23.1. The smallest absolute Gasteiger partial charge is 0.324 e. The van der Waals surface area contributed by atoms with Crippen LogP contribution in [-0.4, -0.2) is 53.3 Å². The average molecular weight is 281 g/mol.